The Morgan fingerprint density at radius 1 is 1.13 bits per heavy atom. The third-order valence-corrected chi connectivity index (χ3v) is 7.42. The first-order valence-corrected chi connectivity index (χ1v) is 12.0. The topological polar surface area (TPSA) is 36.4 Å². The lowest BCUT2D eigenvalue weighted by Crippen LogP contribution is -2.55. The van der Waals surface area contributed by atoms with Gasteiger partial charge in [0.15, 0.2) is 0 Å². The van der Waals surface area contributed by atoms with Crippen molar-refractivity contribution in [3.05, 3.63) is 81.3 Å². The van der Waals surface area contributed by atoms with E-state index in [0.29, 0.717) is 11.4 Å². The van der Waals surface area contributed by atoms with Crippen molar-refractivity contribution in [2.45, 2.75) is 45.2 Å². The number of likely N-dealkylation sites (tertiary alicyclic amines) is 1. The lowest BCUT2D eigenvalue weighted by atomic mass is 9.84. The molecule has 0 N–H and O–H groups in total. The predicted molar refractivity (Wildman–Crippen MR) is 129 cm³/mol. The number of piperidine rings is 1. The van der Waals surface area contributed by atoms with Crippen LogP contribution in [0.2, 0.25) is 5.02 Å². The number of halogens is 1. The van der Waals surface area contributed by atoms with E-state index in [9.17, 15) is 4.79 Å². The smallest absolute Gasteiger partial charge is 0.227 e. The van der Waals surface area contributed by atoms with E-state index in [0.717, 1.165) is 48.9 Å². The second-order valence-corrected chi connectivity index (χ2v) is 9.44. The molecule has 0 spiro atoms. The fraction of sp³-hybridized carbons (Fsp3) is 0.360. The molecule has 1 fully saturated rings. The Bertz CT molecular complexity index is 1010. The highest BCUT2D eigenvalue weighted by Gasteiger charge is 2.46. The molecule has 0 aliphatic carbocycles. The highest BCUT2D eigenvalue weighted by molar-refractivity contribution is 7.09. The Morgan fingerprint density at radius 2 is 1.81 bits per heavy atom. The Kier molecular flexibility index (Phi) is 6.75. The van der Waals surface area contributed by atoms with Crippen LogP contribution in [-0.4, -0.2) is 28.9 Å². The lowest BCUT2D eigenvalue weighted by Gasteiger charge is -2.47. The molecule has 4 nitrogen and oxygen atoms in total. The number of carbonyl (C=O) groups excluding carboxylic acids is 1. The normalized spacial score (nSPS) is 16.2. The van der Waals surface area contributed by atoms with Gasteiger partial charge in [-0.1, -0.05) is 48.9 Å². The molecule has 0 bridgehead atoms. The first kappa shape index (κ1) is 22.0. The van der Waals surface area contributed by atoms with Gasteiger partial charge in [0, 0.05) is 47.8 Å². The Morgan fingerprint density at radius 3 is 2.39 bits per heavy atom. The molecule has 1 amide bonds. The molecule has 2 aromatic carbocycles. The molecule has 1 saturated heterocycles. The molecule has 1 aliphatic rings. The van der Waals surface area contributed by atoms with E-state index in [4.69, 9.17) is 16.6 Å². The number of aromatic nitrogens is 1. The minimum atomic E-state index is -0.437. The largest absolute Gasteiger partial charge is 0.300 e. The molecule has 0 atom stereocenters. The Balaban J connectivity index is 1.68. The molecule has 0 unspecified atom stereocenters. The minimum absolute atomic E-state index is 0.117. The van der Waals surface area contributed by atoms with Crippen LogP contribution in [0, 0.1) is 6.92 Å². The zero-order valence-electron chi connectivity index (χ0n) is 18.1. The second kappa shape index (κ2) is 9.51. The summed E-state index contributed by atoms with van der Waals surface area (Å²) in [6.45, 7) is 6.70. The van der Waals surface area contributed by atoms with Crippen LogP contribution in [0.25, 0.3) is 0 Å². The summed E-state index contributed by atoms with van der Waals surface area (Å²) in [5.74, 6) is 0.117. The first-order chi connectivity index (χ1) is 15.0. The maximum atomic E-state index is 13.3. The number of hydrogen-bond acceptors (Lipinski definition) is 4. The molecule has 1 aromatic heterocycles. The number of carbonyl (C=O) groups is 1. The molecule has 0 saturated carbocycles. The molecule has 3 aromatic rings. The van der Waals surface area contributed by atoms with Crippen LogP contribution in [0.5, 0.6) is 0 Å². The van der Waals surface area contributed by atoms with E-state index < -0.39 is 5.54 Å². The maximum Gasteiger partial charge on any atom is 0.227 e. The number of aryl methyl sites for hydroxylation is 1. The number of anilines is 1. The van der Waals surface area contributed by atoms with E-state index in [-0.39, 0.29) is 5.91 Å². The van der Waals surface area contributed by atoms with Gasteiger partial charge in [-0.3, -0.25) is 14.6 Å². The molecule has 162 valence electrons. The summed E-state index contributed by atoms with van der Waals surface area (Å²) in [6.07, 6.45) is 2.14. The van der Waals surface area contributed by atoms with Gasteiger partial charge in [-0.25, -0.2) is 4.98 Å². The molecule has 2 heterocycles. The first-order valence-electron chi connectivity index (χ1n) is 10.8. The Hall–Kier alpha value is -2.21. The highest BCUT2D eigenvalue weighted by atomic mass is 35.5. The molecule has 0 radical (unpaired) electrons. The third kappa shape index (κ3) is 4.69. The van der Waals surface area contributed by atoms with Gasteiger partial charge in [0.1, 0.15) is 10.5 Å². The van der Waals surface area contributed by atoms with Crippen molar-refractivity contribution in [2.75, 3.05) is 18.0 Å². The van der Waals surface area contributed by atoms with Crippen molar-refractivity contribution in [3.63, 3.8) is 0 Å². The molecule has 31 heavy (non-hydrogen) atoms. The van der Waals surface area contributed by atoms with E-state index in [2.05, 4.69) is 40.6 Å². The number of nitrogens with zero attached hydrogens (tertiary/aromatic N) is 3. The standard InChI is InChI=1S/C25H28ClN3OS/c1-3-23(30)29(22-11-9-21(26)10-12-22)25(24-27-19(2)18-31-24)13-15-28(16-14-25)17-20-7-5-4-6-8-20/h4-12,18H,3,13-17H2,1-2H3. The van der Waals surface area contributed by atoms with Gasteiger partial charge in [-0.05, 0) is 49.6 Å². The zero-order valence-corrected chi connectivity index (χ0v) is 19.6. The number of rotatable bonds is 6. The van der Waals surface area contributed by atoms with Gasteiger partial charge in [-0.2, -0.15) is 0 Å². The fourth-order valence-electron chi connectivity index (χ4n) is 4.40. The van der Waals surface area contributed by atoms with Crippen LogP contribution >= 0.6 is 22.9 Å². The molecule has 1 aliphatic heterocycles. The molecular formula is C25H28ClN3OS. The zero-order chi connectivity index (χ0) is 21.8. The van der Waals surface area contributed by atoms with Gasteiger partial charge in [-0.15, -0.1) is 11.3 Å². The highest BCUT2D eigenvalue weighted by Crippen LogP contribution is 2.43. The Labute approximate surface area is 193 Å². The van der Waals surface area contributed by atoms with Gasteiger partial charge < -0.3 is 0 Å². The van der Waals surface area contributed by atoms with Crippen molar-refractivity contribution in [2.24, 2.45) is 0 Å². The third-order valence-electron chi connectivity index (χ3n) is 6.01. The predicted octanol–water partition coefficient (Wildman–Crippen LogP) is 6.04. The van der Waals surface area contributed by atoms with Gasteiger partial charge in [0.25, 0.3) is 0 Å². The van der Waals surface area contributed by atoms with Gasteiger partial charge in [0.2, 0.25) is 5.91 Å². The summed E-state index contributed by atoms with van der Waals surface area (Å²) in [5, 5.41) is 3.79. The number of benzene rings is 2. The van der Waals surface area contributed by atoms with E-state index in [1.54, 1.807) is 11.3 Å². The summed E-state index contributed by atoms with van der Waals surface area (Å²) in [7, 11) is 0. The van der Waals surface area contributed by atoms with Crippen molar-refractivity contribution < 1.29 is 4.79 Å². The second-order valence-electron chi connectivity index (χ2n) is 8.15. The number of hydrogen-bond donors (Lipinski definition) is 0. The quantitative estimate of drug-likeness (QED) is 0.456. The molecule has 6 heteroatoms. The average Bonchev–Trinajstić information content (AvgIpc) is 3.24. The van der Waals surface area contributed by atoms with Crippen molar-refractivity contribution in [3.8, 4) is 0 Å². The average molecular weight is 454 g/mol. The minimum Gasteiger partial charge on any atom is -0.300 e. The van der Waals surface area contributed by atoms with Crippen molar-refractivity contribution in [1.29, 1.82) is 0 Å². The van der Waals surface area contributed by atoms with Crippen molar-refractivity contribution >= 4 is 34.5 Å². The SMILES string of the molecule is CCC(=O)N(c1ccc(Cl)cc1)C1(c2nc(C)cs2)CCN(Cc2ccccc2)CC1. The summed E-state index contributed by atoms with van der Waals surface area (Å²) >= 11 is 7.81. The van der Waals surface area contributed by atoms with Crippen molar-refractivity contribution in [1.82, 2.24) is 9.88 Å². The van der Waals surface area contributed by atoms with Crippen LogP contribution in [0.15, 0.2) is 60.0 Å². The van der Waals surface area contributed by atoms with Gasteiger partial charge >= 0.3 is 0 Å². The van der Waals surface area contributed by atoms with Crippen LogP contribution in [0.4, 0.5) is 5.69 Å². The molecule has 4 rings (SSSR count). The van der Waals surface area contributed by atoms with Crippen LogP contribution < -0.4 is 4.90 Å². The molecular weight excluding hydrogens is 426 g/mol. The summed E-state index contributed by atoms with van der Waals surface area (Å²) < 4.78 is 0. The number of amides is 1. The van der Waals surface area contributed by atoms with Crippen LogP contribution in [-0.2, 0) is 16.9 Å². The monoisotopic (exact) mass is 453 g/mol. The van der Waals surface area contributed by atoms with E-state index >= 15 is 0 Å². The summed E-state index contributed by atoms with van der Waals surface area (Å²) in [4.78, 5) is 22.7. The van der Waals surface area contributed by atoms with Crippen LogP contribution in [0.1, 0.15) is 42.5 Å². The van der Waals surface area contributed by atoms with E-state index in [1.165, 1.54) is 5.56 Å². The number of thiazole rings is 1. The summed E-state index contributed by atoms with van der Waals surface area (Å²) in [5.41, 5.74) is 2.78. The summed E-state index contributed by atoms with van der Waals surface area (Å²) in [6, 6.07) is 18.2. The maximum absolute atomic E-state index is 13.3. The fourth-order valence-corrected chi connectivity index (χ4v) is 5.57. The lowest BCUT2D eigenvalue weighted by molar-refractivity contribution is -0.120. The van der Waals surface area contributed by atoms with Crippen LogP contribution in [0.3, 0.4) is 0 Å². The van der Waals surface area contributed by atoms with Gasteiger partial charge in [0.05, 0.1) is 0 Å². The van der Waals surface area contributed by atoms with E-state index in [1.807, 2.05) is 43.0 Å².